The van der Waals surface area contributed by atoms with Crippen molar-refractivity contribution in [3.05, 3.63) is 71.1 Å². The zero-order chi connectivity index (χ0) is 36.6. The highest BCUT2D eigenvalue weighted by molar-refractivity contribution is 5.90. The molecule has 4 aliphatic rings. The molecule has 4 aromatic rings. The Hall–Kier alpha value is -4.72. The van der Waals surface area contributed by atoms with Gasteiger partial charge in [-0.15, -0.1) is 0 Å². The number of rotatable bonds is 15. The summed E-state index contributed by atoms with van der Waals surface area (Å²) < 4.78 is 9.56. The van der Waals surface area contributed by atoms with Crippen LogP contribution in [0.3, 0.4) is 0 Å². The number of carbonyl (C=O) groups is 2. The molecule has 0 radical (unpaired) electrons. The van der Waals surface area contributed by atoms with Gasteiger partial charge in [-0.3, -0.25) is 9.59 Å². The van der Waals surface area contributed by atoms with Crippen molar-refractivity contribution in [3.63, 3.8) is 0 Å². The highest BCUT2D eigenvalue weighted by Gasteiger charge is 2.51. The summed E-state index contributed by atoms with van der Waals surface area (Å²) in [5, 5.41) is 20.7. The van der Waals surface area contributed by atoms with E-state index in [1.807, 2.05) is 31.7 Å². The Morgan fingerprint density at radius 1 is 1.04 bits per heavy atom. The molecule has 0 spiro atoms. The Kier molecular flexibility index (Phi) is 10.1. The molecule has 8 rings (SSSR count). The summed E-state index contributed by atoms with van der Waals surface area (Å²) in [6.45, 7) is 4.31. The zero-order valence-electron chi connectivity index (χ0n) is 30.4. The fourth-order valence-electron chi connectivity index (χ4n) is 9.70. The summed E-state index contributed by atoms with van der Waals surface area (Å²) in [6, 6.07) is 0.788. The minimum atomic E-state index is -0.981. The largest absolute Gasteiger partial charge is 0.508 e. The lowest BCUT2D eigenvalue weighted by Gasteiger charge is -2.56. The lowest BCUT2D eigenvalue weighted by Crippen LogP contribution is -2.53. The molecule has 4 fully saturated rings. The van der Waals surface area contributed by atoms with Gasteiger partial charge >= 0.3 is 0 Å². The first-order valence-electron chi connectivity index (χ1n) is 18.6. The molecule has 3 heterocycles. The van der Waals surface area contributed by atoms with E-state index in [2.05, 4.69) is 25.8 Å². The highest BCUT2D eigenvalue weighted by Crippen LogP contribution is 2.60. The van der Waals surface area contributed by atoms with Crippen LogP contribution in [-0.4, -0.2) is 58.2 Å². The molecule has 14 heteroatoms. The number of nitrogens with one attached hydrogen (secondary N) is 2. The Labute approximate surface area is 304 Å². The Balaban J connectivity index is 1.09. The number of imidazole rings is 2. The molecular formula is C38H52N10O4. The maximum Gasteiger partial charge on any atom is 0.249 e. The second kappa shape index (κ2) is 14.7. The Morgan fingerprint density at radius 2 is 1.73 bits per heavy atom. The fraction of sp³-hybridized carbons (Fsp3) is 0.579. The van der Waals surface area contributed by atoms with Crippen molar-refractivity contribution in [1.82, 2.24) is 39.9 Å². The molecule has 4 aliphatic carbocycles. The lowest BCUT2D eigenvalue weighted by molar-refractivity contribution is -0.130. The number of aromatic nitrogens is 6. The van der Waals surface area contributed by atoms with Gasteiger partial charge in [0.1, 0.15) is 17.8 Å². The molecule has 52 heavy (non-hydrogen) atoms. The van der Waals surface area contributed by atoms with Crippen LogP contribution in [0.5, 0.6) is 5.75 Å². The van der Waals surface area contributed by atoms with Crippen LogP contribution in [0.4, 0.5) is 5.95 Å². The van der Waals surface area contributed by atoms with Gasteiger partial charge in [-0.25, -0.2) is 9.97 Å². The van der Waals surface area contributed by atoms with Crippen molar-refractivity contribution in [2.45, 2.75) is 109 Å². The molecule has 3 atom stereocenters. The molecule has 4 bridgehead atoms. The van der Waals surface area contributed by atoms with Gasteiger partial charge in [0.25, 0.3) is 0 Å². The summed E-state index contributed by atoms with van der Waals surface area (Å²) in [4.78, 5) is 41.3. The maximum atomic E-state index is 14.3. The molecular weight excluding hydrogens is 660 g/mol. The van der Waals surface area contributed by atoms with E-state index in [0.29, 0.717) is 43.5 Å². The Bertz CT molecular complexity index is 1840. The van der Waals surface area contributed by atoms with Gasteiger partial charge < -0.3 is 40.9 Å². The summed E-state index contributed by atoms with van der Waals surface area (Å²) in [6.07, 6.45) is 17.1. The molecule has 2 amide bonds. The highest BCUT2D eigenvalue weighted by atomic mass is 16.5. The van der Waals surface area contributed by atoms with Crippen LogP contribution in [0, 0.1) is 37.0 Å². The van der Waals surface area contributed by atoms with Crippen LogP contribution < -0.4 is 22.1 Å². The number of aryl methyl sites for hydroxylation is 4. The third-order valence-corrected chi connectivity index (χ3v) is 11.7. The number of aromatic hydroxyl groups is 1. The lowest BCUT2D eigenvalue weighted by atomic mass is 9.49. The van der Waals surface area contributed by atoms with Crippen molar-refractivity contribution in [2.75, 3.05) is 5.73 Å². The van der Waals surface area contributed by atoms with E-state index < -0.39 is 29.9 Å². The van der Waals surface area contributed by atoms with Gasteiger partial charge in [-0.05, 0) is 117 Å². The van der Waals surface area contributed by atoms with Crippen molar-refractivity contribution < 1.29 is 19.2 Å². The van der Waals surface area contributed by atoms with Gasteiger partial charge in [-0.1, -0.05) is 5.16 Å². The summed E-state index contributed by atoms with van der Waals surface area (Å²) in [7, 11) is 1.89. The van der Waals surface area contributed by atoms with E-state index in [4.69, 9.17) is 21.0 Å². The number of nitrogens with two attached hydrogens (primary N) is 2. The predicted octanol–water partition coefficient (Wildman–Crippen LogP) is 3.60. The smallest absolute Gasteiger partial charge is 0.249 e. The van der Waals surface area contributed by atoms with Crippen LogP contribution in [0.15, 0.2) is 41.6 Å². The van der Waals surface area contributed by atoms with E-state index >= 15 is 0 Å². The average molecular weight is 713 g/mol. The van der Waals surface area contributed by atoms with E-state index in [9.17, 15) is 14.7 Å². The average Bonchev–Trinajstić information content (AvgIpc) is 3.82. The monoisotopic (exact) mass is 712 g/mol. The standard InChI is InChI=1S/C38H52N10O4/c1-22-9-28(49)10-23(2)29(22)15-31(43-34(50)30(39)5-4-7-48-8-6-41-37(48)40)35(51)44-32(14-27-20-47(3)21-42-27)36-45-33(46-52-36)19-38-16-24-11-25(17-38)13-26(12-24)18-38/h6,8-10,20-21,24-26,30-32,49H,4-5,7,11-19,39H2,1-3H3,(H2,40,41)(H,43,50)(H,44,51). The minimum Gasteiger partial charge on any atom is -0.508 e. The molecule has 0 saturated heterocycles. The van der Waals surface area contributed by atoms with Crippen LogP contribution >= 0.6 is 0 Å². The SMILES string of the molecule is Cc1cc(O)cc(C)c1CC(NC(=O)C(N)CCCn1ccnc1N)C(=O)NC(Cc1cn(C)cn1)c1nc(CC23CC4CC(CC(C4)C2)C3)no1. The molecule has 14 nitrogen and oxygen atoms in total. The van der Waals surface area contributed by atoms with Crippen LogP contribution in [-0.2, 0) is 42.4 Å². The number of phenols is 1. The minimum absolute atomic E-state index is 0.139. The summed E-state index contributed by atoms with van der Waals surface area (Å²) in [5.41, 5.74) is 15.7. The van der Waals surface area contributed by atoms with Gasteiger partial charge in [0.2, 0.25) is 17.7 Å². The second-order valence-electron chi connectivity index (χ2n) is 16.0. The van der Waals surface area contributed by atoms with Gasteiger partial charge in [-0.2, -0.15) is 4.98 Å². The Morgan fingerprint density at radius 3 is 2.35 bits per heavy atom. The molecule has 4 saturated carbocycles. The third kappa shape index (κ3) is 8.01. The quantitative estimate of drug-likeness (QED) is 0.121. The van der Waals surface area contributed by atoms with E-state index in [1.165, 1.54) is 38.5 Å². The molecule has 7 N–H and O–H groups in total. The number of anilines is 1. The van der Waals surface area contributed by atoms with E-state index in [1.54, 1.807) is 35.4 Å². The molecule has 0 aliphatic heterocycles. The van der Waals surface area contributed by atoms with Crippen LogP contribution in [0.2, 0.25) is 0 Å². The van der Waals surface area contributed by atoms with Crippen molar-refractivity contribution in [2.24, 2.45) is 36.0 Å². The number of nitrogen functional groups attached to an aromatic ring is 1. The number of benzene rings is 1. The zero-order valence-corrected chi connectivity index (χ0v) is 30.4. The third-order valence-electron chi connectivity index (χ3n) is 11.7. The van der Waals surface area contributed by atoms with Gasteiger partial charge in [0.15, 0.2) is 11.8 Å². The summed E-state index contributed by atoms with van der Waals surface area (Å²) in [5.74, 6) is 3.11. The van der Waals surface area contributed by atoms with Crippen LogP contribution in [0.25, 0.3) is 0 Å². The number of hydrogen-bond acceptors (Lipinski definition) is 10. The van der Waals surface area contributed by atoms with Gasteiger partial charge in [0, 0.05) is 51.4 Å². The van der Waals surface area contributed by atoms with E-state index in [0.717, 1.165) is 46.6 Å². The topological polar surface area (TPSA) is 205 Å². The molecule has 3 unspecified atom stereocenters. The van der Waals surface area contributed by atoms with Gasteiger partial charge in [0.05, 0.1) is 18.1 Å². The maximum absolute atomic E-state index is 14.3. The van der Waals surface area contributed by atoms with Crippen LogP contribution in [0.1, 0.15) is 91.5 Å². The molecule has 3 aromatic heterocycles. The van der Waals surface area contributed by atoms with Crippen molar-refractivity contribution >= 4 is 17.8 Å². The first kappa shape index (κ1) is 35.7. The first-order chi connectivity index (χ1) is 24.9. The van der Waals surface area contributed by atoms with Crippen molar-refractivity contribution in [3.8, 4) is 5.75 Å². The van der Waals surface area contributed by atoms with Crippen molar-refractivity contribution in [1.29, 1.82) is 0 Å². The molecule has 278 valence electrons. The number of amides is 2. The predicted molar refractivity (Wildman–Crippen MR) is 193 cm³/mol. The first-order valence-corrected chi connectivity index (χ1v) is 18.6. The summed E-state index contributed by atoms with van der Waals surface area (Å²) >= 11 is 0. The fourth-order valence-corrected chi connectivity index (χ4v) is 9.70. The number of phenolic OH excluding ortho intramolecular Hbond substituents is 1. The number of carbonyl (C=O) groups excluding carboxylic acids is 2. The second-order valence-corrected chi connectivity index (χ2v) is 16.0. The van der Waals surface area contributed by atoms with E-state index in [-0.39, 0.29) is 17.6 Å². The molecule has 1 aromatic carbocycles. The number of nitrogens with zero attached hydrogens (tertiary/aromatic N) is 6. The number of hydrogen-bond donors (Lipinski definition) is 5. The normalized spacial score (nSPS) is 23.7.